The topological polar surface area (TPSA) is 49.9 Å². The van der Waals surface area contributed by atoms with E-state index in [9.17, 15) is 4.79 Å². The molecule has 0 aliphatic carbocycles. The molecule has 48 valence electrons. The Morgan fingerprint density at radius 2 is 2.00 bits per heavy atom. The van der Waals surface area contributed by atoms with Crippen LogP contribution in [-0.2, 0) is 4.79 Å². The van der Waals surface area contributed by atoms with Gasteiger partial charge in [-0.1, -0.05) is 6.07 Å². The van der Waals surface area contributed by atoms with Crippen molar-refractivity contribution >= 4 is 6.79 Å². The smallest absolute Gasteiger partial charge is 0.247 e. The molecule has 3 nitrogen and oxygen atoms in total. The van der Waals surface area contributed by atoms with Gasteiger partial charge in [-0.05, 0) is 6.07 Å². The first-order valence-electron chi connectivity index (χ1n) is 2.32. The highest BCUT2D eigenvalue weighted by Crippen LogP contribution is 1.67. The number of H-pyrrole nitrogens is 1. The molecule has 1 heterocycles. The lowest BCUT2D eigenvalue weighted by molar-refractivity contribution is -0.0979. The molecule has 1 N–H and O–H groups in total. The van der Waals surface area contributed by atoms with Gasteiger partial charge in [0.2, 0.25) is 5.56 Å². The van der Waals surface area contributed by atoms with Crippen LogP contribution in [0.4, 0.5) is 0 Å². The van der Waals surface area contributed by atoms with Gasteiger partial charge in [0.15, 0.2) is 0 Å². The average molecular weight is 125 g/mol. The second-order valence-corrected chi connectivity index (χ2v) is 1.23. The predicted octanol–water partition coefficient (Wildman–Crippen LogP) is 0.190. The SMILES string of the molecule is C=O.O=c1cccc[nH]1. The van der Waals surface area contributed by atoms with E-state index < -0.39 is 0 Å². The molecule has 0 spiro atoms. The van der Waals surface area contributed by atoms with E-state index >= 15 is 0 Å². The van der Waals surface area contributed by atoms with Gasteiger partial charge >= 0.3 is 0 Å². The van der Waals surface area contributed by atoms with Gasteiger partial charge in [-0.25, -0.2) is 0 Å². The monoisotopic (exact) mass is 125 g/mol. The molecule has 0 fully saturated rings. The standard InChI is InChI=1S/C5H5NO.CH2O/c7-5-3-1-2-4-6-5;1-2/h1-4H,(H,6,7);1H2. The first-order valence-corrected chi connectivity index (χ1v) is 2.32. The van der Waals surface area contributed by atoms with Gasteiger partial charge in [-0.15, -0.1) is 0 Å². The molecule has 9 heavy (non-hydrogen) atoms. The molecule has 0 atom stereocenters. The Bertz CT molecular complexity index is 189. The number of aromatic nitrogens is 1. The van der Waals surface area contributed by atoms with Crippen LogP contribution >= 0.6 is 0 Å². The normalized spacial score (nSPS) is 7.11. The molecule has 0 radical (unpaired) electrons. The summed E-state index contributed by atoms with van der Waals surface area (Å²) in [6.45, 7) is 2.00. The van der Waals surface area contributed by atoms with Crippen LogP contribution in [0.5, 0.6) is 0 Å². The van der Waals surface area contributed by atoms with Gasteiger partial charge in [-0.3, -0.25) is 4.79 Å². The second-order valence-electron chi connectivity index (χ2n) is 1.23. The maximum Gasteiger partial charge on any atom is 0.247 e. The van der Waals surface area contributed by atoms with Crippen molar-refractivity contribution in [2.24, 2.45) is 0 Å². The Morgan fingerprint density at radius 3 is 2.22 bits per heavy atom. The number of hydrogen-bond acceptors (Lipinski definition) is 2. The van der Waals surface area contributed by atoms with Crippen molar-refractivity contribution in [2.75, 3.05) is 0 Å². The van der Waals surface area contributed by atoms with Crippen LogP contribution in [0.3, 0.4) is 0 Å². The summed E-state index contributed by atoms with van der Waals surface area (Å²) in [6.07, 6.45) is 1.60. The molecule has 0 aromatic carbocycles. The van der Waals surface area contributed by atoms with Crippen molar-refractivity contribution in [3.05, 3.63) is 34.7 Å². The van der Waals surface area contributed by atoms with E-state index in [4.69, 9.17) is 4.79 Å². The van der Waals surface area contributed by atoms with Gasteiger partial charge in [-0.2, -0.15) is 0 Å². The minimum Gasteiger partial charge on any atom is -0.329 e. The molecular formula is C6H7NO2. The first-order chi connectivity index (χ1) is 4.39. The molecule has 1 rings (SSSR count). The fourth-order valence-electron chi connectivity index (χ4n) is 0.377. The van der Waals surface area contributed by atoms with E-state index in [1.165, 1.54) is 6.07 Å². The minimum absolute atomic E-state index is 0.0532. The number of nitrogens with one attached hydrogen (secondary N) is 1. The van der Waals surface area contributed by atoms with Gasteiger partial charge in [0.05, 0.1) is 0 Å². The van der Waals surface area contributed by atoms with Crippen LogP contribution < -0.4 is 5.56 Å². The summed E-state index contributed by atoms with van der Waals surface area (Å²) in [7, 11) is 0. The van der Waals surface area contributed by atoms with Crippen LogP contribution in [0.25, 0.3) is 0 Å². The Hall–Kier alpha value is -1.38. The summed E-state index contributed by atoms with van der Waals surface area (Å²) in [5.41, 5.74) is -0.0532. The van der Waals surface area contributed by atoms with E-state index in [0.717, 1.165) is 0 Å². The summed E-state index contributed by atoms with van der Waals surface area (Å²) in [5.74, 6) is 0. The molecule has 3 heteroatoms. The summed E-state index contributed by atoms with van der Waals surface area (Å²) in [6, 6.07) is 4.93. The number of hydrogen-bond donors (Lipinski definition) is 1. The molecule has 0 aliphatic heterocycles. The minimum atomic E-state index is -0.0532. The summed E-state index contributed by atoms with van der Waals surface area (Å²) in [4.78, 5) is 20.7. The van der Waals surface area contributed by atoms with Crippen LogP contribution in [0.1, 0.15) is 0 Å². The molecule has 0 saturated carbocycles. The van der Waals surface area contributed by atoms with E-state index in [-0.39, 0.29) is 5.56 Å². The number of aromatic amines is 1. The number of rotatable bonds is 0. The zero-order valence-corrected chi connectivity index (χ0v) is 4.83. The zero-order valence-electron chi connectivity index (χ0n) is 4.83. The van der Waals surface area contributed by atoms with Crippen molar-refractivity contribution in [3.63, 3.8) is 0 Å². The molecule has 0 unspecified atom stereocenters. The summed E-state index contributed by atoms with van der Waals surface area (Å²) >= 11 is 0. The summed E-state index contributed by atoms with van der Waals surface area (Å²) < 4.78 is 0. The Kier molecular flexibility index (Phi) is 4.04. The third kappa shape index (κ3) is 3.22. The Balaban J connectivity index is 0.000000291. The van der Waals surface area contributed by atoms with E-state index in [1.807, 2.05) is 6.79 Å². The molecule has 0 saturated heterocycles. The van der Waals surface area contributed by atoms with Crippen molar-refractivity contribution in [1.29, 1.82) is 0 Å². The van der Waals surface area contributed by atoms with Gasteiger partial charge in [0, 0.05) is 12.3 Å². The quantitative estimate of drug-likeness (QED) is 0.538. The Morgan fingerprint density at radius 1 is 1.33 bits per heavy atom. The van der Waals surface area contributed by atoms with E-state index in [1.54, 1.807) is 18.3 Å². The van der Waals surface area contributed by atoms with Crippen LogP contribution in [0.2, 0.25) is 0 Å². The van der Waals surface area contributed by atoms with Gasteiger partial charge < -0.3 is 9.78 Å². The number of carbonyl (C=O) groups is 1. The summed E-state index contributed by atoms with van der Waals surface area (Å²) in [5, 5.41) is 0. The third-order valence-corrected chi connectivity index (χ3v) is 0.681. The van der Waals surface area contributed by atoms with Gasteiger partial charge in [0.25, 0.3) is 0 Å². The molecule has 0 bridgehead atoms. The lowest BCUT2D eigenvalue weighted by atomic mass is 10.5. The van der Waals surface area contributed by atoms with Crippen LogP contribution in [0, 0.1) is 0 Å². The molecule has 0 amide bonds. The van der Waals surface area contributed by atoms with Crippen LogP contribution in [0.15, 0.2) is 29.2 Å². The highest BCUT2D eigenvalue weighted by Gasteiger charge is 1.69. The zero-order chi connectivity index (χ0) is 7.11. The number of pyridine rings is 1. The lowest BCUT2D eigenvalue weighted by Crippen LogP contribution is -1.98. The molecule has 1 aromatic rings. The highest BCUT2D eigenvalue weighted by molar-refractivity contribution is 5.10. The first kappa shape index (κ1) is 7.62. The van der Waals surface area contributed by atoms with Crippen molar-refractivity contribution in [3.8, 4) is 0 Å². The number of carbonyl (C=O) groups excluding carboxylic acids is 1. The molecular weight excluding hydrogens is 118 g/mol. The fourth-order valence-corrected chi connectivity index (χ4v) is 0.377. The molecule has 0 aliphatic rings. The highest BCUT2D eigenvalue weighted by atomic mass is 16.1. The van der Waals surface area contributed by atoms with Gasteiger partial charge in [0.1, 0.15) is 6.79 Å². The van der Waals surface area contributed by atoms with E-state index in [2.05, 4.69) is 4.98 Å². The van der Waals surface area contributed by atoms with Crippen LogP contribution in [-0.4, -0.2) is 11.8 Å². The lowest BCUT2D eigenvalue weighted by Gasteiger charge is -1.73. The Labute approximate surface area is 52.3 Å². The third-order valence-electron chi connectivity index (χ3n) is 0.681. The van der Waals surface area contributed by atoms with Crippen molar-refractivity contribution in [2.45, 2.75) is 0 Å². The van der Waals surface area contributed by atoms with Crippen molar-refractivity contribution < 1.29 is 4.79 Å². The predicted molar refractivity (Wildman–Crippen MR) is 34.2 cm³/mol. The van der Waals surface area contributed by atoms with Crippen molar-refractivity contribution in [1.82, 2.24) is 4.98 Å². The maximum absolute atomic E-state index is 10.2. The average Bonchev–Trinajstić information content (AvgIpc) is 1.94. The second kappa shape index (κ2) is 4.77. The maximum atomic E-state index is 10.2. The fraction of sp³-hybridized carbons (Fsp3) is 0. The molecule has 1 aromatic heterocycles. The largest absolute Gasteiger partial charge is 0.329 e. The van der Waals surface area contributed by atoms with E-state index in [0.29, 0.717) is 0 Å².